The molecule has 2 N–H and O–H groups in total. The fourth-order valence-electron chi connectivity index (χ4n) is 1.31. The third-order valence-electron chi connectivity index (χ3n) is 2.34. The molecule has 0 aromatic carbocycles. The van der Waals surface area contributed by atoms with Gasteiger partial charge in [0.05, 0.1) is 11.9 Å². The summed E-state index contributed by atoms with van der Waals surface area (Å²) in [5, 5.41) is 4.91. The molecule has 0 radical (unpaired) electrons. The van der Waals surface area contributed by atoms with Crippen LogP contribution in [0.15, 0.2) is 18.3 Å². The lowest BCUT2D eigenvalue weighted by Crippen LogP contribution is -2.36. The lowest BCUT2D eigenvalue weighted by molar-refractivity contribution is -0.139. The second-order valence-corrected chi connectivity index (χ2v) is 4.70. The Bertz CT molecular complexity index is 447. The lowest BCUT2D eigenvalue weighted by Gasteiger charge is -2.10. The van der Waals surface area contributed by atoms with E-state index in [1.165, 1.54) is 6.20 Å². The Morgan fingerprint density at radius 3 is 2.62 bits per heavy atom. The molecule has 0 spiro atoms. The van der Waals surface area contributed by atoms with Crippen LogP contribution in [0.25, 0.3) is 0 Å². The number of alkyl halides is 3. The summed E-state index contributed by atoms with van der Waals surface area (Å²) in [6.07, 6.45) is -3.00. The molecule has 8 heteroatoms. The number of amides is 1. The minimum atomic E-state index is -4.43. The van der Waals surface area contributed by atoms with Crippen molar-refractivity contribution < 1.29 is 22.7 Å². The minimum Gasteiger partial charge on any atom is -0.482 e. The number of ether oxygens (including phenoxy) is 1. The van der Waals surface area contributed by atoms with E-state index in [1.54, 1.807) is 17.4 Å². The Balaban J connectivity index is 2.34. The molecule has 1 aromatic heterocycles. The first-order valence-electron chi connectivity index (χ1n) is 6.41. The molecule has 1 aromatic rings. The van der Waals surface area contributed by atoms with Crippen LogP contribution in [0.2, 0.25) is 0 Å². The van der Waals surface area contributed by atoms with Crippen molar-refractivity contribution in [3.63, 3.8) is 0 Å². The van der Waals surface area contributed by atoms with Crippen LogP contribution in [0.5, 0.6) is 5.75 Å². The Kier molecular flexibility index (Phi) is 6.41. The molecule has 0 aliphatic carbocycles. The van der Waals surface area contributed by atoms with Crippen molar-refractivity contribution in [3.05, 3.63) is 24.0 Å². The molecule has 0 saturated carbocycles. The van der Waals surface area contributed by atoms with Crippen molar-refractivity contribution in [2.24, 2.45) is 0 Å². The second kappa shape index (κ2) is 7.82. The summed E-state index contributed by atoms with van der Waals surface area (Å²) in [6, 6.07) is 3.67. The van der Waals surface area contributed by atoms with Gasteiger partial charge < -0.3 is 15.4 Å². The van der Waals surface area contributed by atoms with E-state index in [2.05, 4.69) is 10.3 Å². The molecule has 1 rings (SSSR count). The van der Waals surface area contributed by atoms with Crippen LogP contribution >= 0.6 is 0 Å². The molecular weight excluding hydrogens is 287 g/mol. The van der Waals surface area contributed by atoms with Crippen molar-refractivity contribution in [3.8, 4) is 5.75 Å². The number of hydrogen-bond donors (Lipinski definition) is 2. The molecule has 0 aliphatic rings. The van der Waals surface area contributed by atoms with Crippen molar-refractivity contribution in [1.29, 1.82) is 0 Å². The normalized spacial score (nSPS) is 11.5. The van der Waals surface area contributed by atoms with Crippen LogP contribution in [0, 0.1) is 0 Å². The Morgan fingerprint density at radius 1 is 1.38 bits per heavy atom. The number of nitrogens with one attached hydrogen (secondary N) is 2. The van der Waals surface area contributed by atoms with E-state index in [0.29, 0.717) is 18.3 Å². The zero-order valence-corrected chi connectivity index (χ0v) is 11.8. The van der Waals surface area contributed by atoms with Gasteiger partial charge in [-0.2, -0.15) is 13.2 Å². The molecule has 0 aliphatic heterocycles. The number of nitrogens with zero attached hydrogens (tertiary/aromatic N) is 1. The van der Waals surface area contributed by atoms with Gasteiger partial charge in [-0.15, -0.1) is 0 Å². The highest BCUT2D eigenvalue weighted by molar-refractivity contribution is 5.77. The summed E-state index contributed by atoms with van der Waals surface area (Å²) in [7, 11) is 0. The predicted octanol–water partition coefficient (Wildman–Crippen LogP) is 1.64. The first-order valence-corrected chi connectivity index (χ1v) is 6.41. The summed E-state index contributed by atoms with van der Waals surface area (Å²) in [5.41, 5.74) is 0.803. The molecular formula is C13H18F3N3O2. The second-order valence-electron chi connectivity index (χ2n) is 4.70. The SMILES string of the molecule is CC(C)NCc1ccc(OCC(=O)NCC(F)(F)F)cn1. The van der Waals surface area contributed by atoms with Gasteiger partial charge in [0.15, 0.2) is 6.61 Å². The molecule has 1 heterocycles. The van der Waals surface area contributed by atoms with Gasteiger partial charge in [0.2, 0.25) is 0 Å². The van der Waals surface area contributed by atoms with Gasteiger partial charge in [0, 0.05) is 12.6 Å². The zero-order chi connectivity index (χ0) is 15.9. The van der Waals surface area contributed by atoms with E-state index in [9.17, 15) is 18.0 Å². The third kappa shape index (κ3) is 8.13. The van der Waals surface area contributed by atoms with Gasteiger partial charge in [-0.3, -0.25) is 9.78 Å². The van der Waals surface area contributed by atoms with Gasteiger partial charge in [0.25, 0.3) is 5.91 Å². The highest BCUT2D eigenvalue weighted by atomic mass is 19.4. The van der Waals surface area contributed by atoms with Crippen molar-refractivity contribution in [2.75, 3.05) is 13.2 Å². The molecule has 118 valence electrons. The predicted molar refractivity (Wildman–Crippen MR) is 70.8 cm³/mol. The van der Waals surface area contributed by atoms with Gasteiger partial charge >= 0.3 is 6.18 Å². The molecule has 5 nitrogen and oxygen atoms in total. The smallest absolute Gasteiger partial charge is 0.405 e. The van der Waals surface area contributed by atoms with Crippen molar-refractivity contribution >= 4 is 5.91 Å². The monoisotopic (exact) mass is 305 g/mol. The molecule has 21 heavy (non-hydrogen) atoms. The number of pyridine rings is 1. The van der Waals surface area contributed by atoms with Crippen LogP contribution in [-0.2, 0) is 11.3 Å². The molecule has 1 amide bonds. The maximum Gasteiger partial charge on any atom is 0.405 e. The topological polar surface area (TPSA) is 63.2 Å². The van der Waals surface area contributed by atoms with E-state index >= 15 is 0 Å². The average molecular weight is 305 g/mol. The van der Waals surface area contributed by atoms with Crippen molar-refractivity contribution in [1.82, 2.24) is 15.6 Å². The quantitative estimate of drug-likeness (QED) is 0.804. The largest absolute Gasteiger partial charge is 0.482 e. The van der Waals surface area contributed by atoms with E-state index < -0.39 is 25.2 Å². The van der Waals surface area contributed by atoms with E-state index in [4.69, 9.17) is 4.74 Å². The lowest BCUT2D eigenvalue weighted by atomic mass is 10.3. The Hall–Kier alpha value is -1.83. The van der Waals surface area contributed by atoms with E-state index in [1.807, 2.05) is 13.8 Å². The number of halogens is 3. The Morgan fingerprint density at radius 2 is 2.10 bits per heavy atom. The summed E-state index contributed by atoms with van der Waals surface area (Å²) in [4.78, 5) is 15.3. The first-order chi connectivity index (χ1) is 9.76. The number of rotatable bonds is 7. The number of carbonyl (C=O) groups is 1. The van der Waals surface area contributed by atoms with Crippen LogP contribution in [0.4, 0.5) is 13.2 Å². The molecule has 0 bridgehead atoms. The highest BCUT2D eigenvalue weighted by Crippen LogP contribution is 2.12. The van der Waals surface area contributed by atoms with Gasteiger partial charge in [0.1, 0.15) is 12.3 Å². The van der Waals surface area contributed by atoms with E-state index in [0.717, 1.165) is 5.69 Å². The van der Waals surface area contributed by atoms with Crippen molar-refractivity contribution in [2.45, 2.75) is 32.6 Å². The van der Waals surface area contributed by atoms with Crippen LogP contribution in [0.1, 0.15) is 19.5 Å². The van der Waals surface area contributed by atoms with Crippen LogP contribution in [-0.4, -0.2) is 36.3 Å². The minimum absolute atomic E-state index is 0.324. The molecule has 0 saturated heterocycles. The van der Waals surface area contributed by atoms with Crippen LogP contribution in [0.3, 0.4) is 0 Å². The van der Waals surface area contributed by atoms with E-state index in [-0.39, 0.29) is 0 Å². The first kappa shape index (κ1) is 17.2. The van der Waals surface area contributed by atoms with Gasteiger partial charge in [-0.1, -0.05) is 13.8 Å². The fourth-order valence-corrected chi connectivity index (χ4v) is 1.31. The molecule has 0 fully saturated rings. The maximum atomic E-state index is 11.9. The summed E-state index contributed by atoms with van der Waals surface area (Å²) in [5.74, 6) is -0.511. The Labute approximate surface area is 120 Å². The number of carbonyl (C=O) groups excluding carboxylic acids is 1. The number of hydrogen-bond acceptors (Lipinski definition) is 4. The summed E-state index contributed by atoms with van der Waals surface area (Å²) in [6.45, 7) is 2.77. The fraction of sp³-hybridized carbons (Fsp3) is 0.538. The third-order valence-corrected chi connectivity index (χ3v) is 2.34. The summed E-state index contributed by atoms with van der Waals surface area (Å²) >= 11 is 0. The van der Waals surface area contributed by atoms with Gasteiger partial charge in [-0.05, 0) is 12.1 Å². The standard InChI is InChI=1S/C13H18F3N3O2/c1-9(2)17-5-10-3-4-11(6-18-10)21-7-12(20)19-8-13(14,15)16/h3-4,6,9,17H,5,7-8H2,1-2H3,(H,19,20). The average Bonchev–Trinajstić information content (AvgIpc) is 2.41. The zero-order valence-electron chi connectivity index (χ0n) is 11.8. The molecule has 0 unspecified atom stereocenters. The van der Waals surface area contributed by atoms with Gasteiger partial charge in [-0.25, -0.2) is 0 Å². The highest BCUT2D eigenvalue weighted by Gasteiger charge is 2.27. The number of aromatic nitrogens is 1. The maximum absolute atomic E-state index is 11.9. The van der Waals surface area contributed by atoms with Crippen LogP contribution < -0.4 is 15.4 Å². The molecule has 0 atom stereocenters. The summed E-state index contributed by atoms with van der Waals surface area (Å²) < 4.78 is 40.7.